The third-order valence-electron chi connectivity index (χ3n) is 4.67. The van der Waals surface area contributed by atoms with Gasteiger partial charge in [-0.25, -0.2) is 4.98 Å². The van der Waals surface area contributed by atoms with Crippen molar-refractivity contribution >= 4 is 16.9 Å². The van der Waals surface area contributed by atoms with Crippen molar-refractivity contribution < 1.29 is 14.3 Å². The molecule has 148 valence electrons. The third kappa shape index (κ3) is 5.25. The van der Waals surface area contributed by atoms with Gasteiger partial charge in [-0.15, -0.1) is 0 Å². The predicted molar refractivity (Wildman–Crippen MR) is 110 cm³/mol. The molecule has 0 saturated heterocycles. The first-order valence-corrected chi connectivity index (χ1v) is 9.61. The molecule has 28 heavy (non-hydrogen) atoms. The van der Waals surface area contributed by atoms with Crippen LogP contribution in [0.4, 0.5) is 0 Å². The lowest BCUT2D eigenvalue weighted by Crippen LogP contribution is -2.24. The second kappa shape index (κ2) is 9.78. The lowest BCUT2D eigenvalue weighted by Gasteiger charge is -2.10. The molecule has 3 aromatic rings. The Balaban J connectivity index is 1.34. The zero-order chi connectivity index (χ0) is 19.8. The predicted octanol–water partition coefficient (Wildman–Crippen LogP) is 3.65. The molecule has 3 rings (SSSR count). The van der Waals surface area contributed by atoms with Gasteiger partial charge in [-0.2, -0.15) is 0 Å². The van der Waals surface area contributed by atoms with Gasteiger partial charge in [0.2, 0.25) is 5.91 Å². The SMILES string of the molecule is COc1ccc(CCCNC(=O)CCCc2nc3ccccc3[nH]2)cc1OC. The fraction of sp³-hybridized carbons (Fsp3) is 0.364. The number of hydrogen-bond donors (Lipinski definition) is 2. The molecule has 2 aromatic carbocycles. The number of aryl methyl sites for hydroxylation is 2. The summed E-state index contributed by atoms with van der Waals surface area (Å²) >= 11 is 0. The largest absolute Gasteiger partial charge is 0.493 e. The van der Waals surface area contributed by atoms with E-state index in [0.717, 1.165) is 59.6 Å². The first-order chi connectivity index (χ1) is 13.7. The Morgan fingerprint density at radius 3 is 2.64 bits per heavy atom. The number of methoxy groups -OCH3 is 2. The second-order valence-corrected chi connectivity index (χ2v) is 6.70. The van der Waals surface area contributed by atoms with Crippen LogP contribution in [0, 0.1) is 0 Å². The summed E-state index contributed by atoms with van der Waals surface area (Å²) in [5, 5.41) is 2.99. The lowest BCUT2D eigenvalue weighted by molar-refractivity contribution is -0.121. The van der Waals surface area contributed by atoms with Crippen LogP contribution >= 0.6 is 0 Å². The Kier molecular flexibility index (Phi) is 6.89. The van der Waals surface area contributed by atoms with Gasteiger partial charge in [-0.1, -0.05) is 18.2 Å². The molecular formula is C22H27N3O3. The van der Waals surface area contributed by atoms with Crippen molar-refractivity contribution in [2.45, 2.75) is 32.1 Å². The van der Waals surface area contributed by atoms with Crippen molar-refractivity contribution in [1.82, 2.24) is 15.3 Å². The van der Waals surface area contributed by atoms with Crippen LogP contribution in [0.3, 0.4) is 0 Å². The van der Waals surface area contributed by atoms with Gasteiger partial charge in [0, 0.05) is 19.4 Å². The minimum Gasteiger partial charge on any atom is -0.493 e. The monoisotopic (exact) mass is 381 g/mol. The molecule has 0 unspecified atom stereocenters. The summed E-state index contributed by atoms with van der Waals surface area (Å²) < 4.78 is 10.6. The van der Waals surface area contributed by atoms with Crippen LogP contribution < -0.4 is 14.8 Å². The normalized spacial score (nSPS) is 10.8. The van der Waals surface area contributed by atoms with Gasteiger partial charge in [-0.05, 0) is 49.1 Å². The van der Waals surface area contributed by atoms with E-state index in [1.807, 2.05) is 42.5 Å². The number of benzene rings is 2. The summed E-state index contributed by atoms with van der Waals surface area (Å²) in [6.07, 6.45) is 3.81. The number of fused-ring (bicyclic) bond motifs is 1. The lowest BCUT2D eigenvalue weighted by atomic mass is 10.1. The molecular weight excluding hydrogens is 354 g/mol. The van der Waals surface area contributed by atoms with Crippen molar-refractivity contribution in [2.24, 2.45) is 0 Å². The number of nitrogens with zero attached hydrogens (tertiary/aromatic N) is 1. The summed E-state index contributed by atoms with van der Waals surface area (Å²) in [7, 11) is 3.26. The van der Waals surface area contributed by atoms with Crippen molar-refractivity contribution in [3.8, 4) is 11.5 Å². The van der Waals surface area contributed by atoms with Gasteiger partial charge >= 0.3 is 0 Å². The maximum absolute atomic E-state index is 12.0. The van der Waals surface area contributed by atoms with E-state index in [4.69, 9.17) is 9.47 Å². The molecule has 1 aromatic heterocycles. The van der Waals surface area contributed by atoms with E-state index in [1.54, 1.807) is 14.2 Å². The van der Waals surface area contributed by atoms with E-state index in [0.29, 0.717) is 13.0 Å². The van der Waals surface area contributed by atoms with Gasteiger partial charge in [0.25, 0.3) is 0 Å². The average Bonchev–Trinajstić information content (AvgIpc) is 3.13. The third-order valence-corrected chi connectivity index (χ3v) is 4.67. The molecule has 0 atom stereocenters. The summed E-state index contributed by atoms with van der Waals surface area (Å²) in [6, 6.07) is 13.9. The molecule has 0 radical (unpaired) electrons. The Bertz CT molecular complexity index is 887. The quantitative estimate of drug-likeness (QED) is 0.526. The minimum atomic E-state index is 0.0865. The maximum atomic E-state index is 12.0. The Morgan fingerprint density at radius 2 is 1.86 bits per heavy atom. The highest BCUT2D eigenvalue weighted by Crippen LogP contribution is 2.27. The molecule has 0 aliphatic heterocycles. The number of aromatic nitrogens is 2. The summed E-state index contributed by atoms with van der Waals surface area (Å²) in [6.45, 7) is 0.664. The van der Waals surface area contributed by atoms with Crippen molar-refractivity contribution in [3.63, 3.8) is 0 Å². The number of nitrogens with one attached hydrogen (secondary N) is 2. The summed E-state index contributed by atoms with van der Waals surface area (Å²) in [5.41, 5.74) is 3.17. The van der Waals surface area contributed by atoms with E-state index in [2.05, 4.69) is 15.3 Å². The Hall–Kier alpha value is -3.02. The fourth-order valence-electron chi connectivity index (χ4n) is 3.19. The molecule has 6 nitrogen and oxygen atoms in total. The highest BCUT2D eigenvalue weighted by Gasteiger charge is 2.06. The van der Waals surface area contributed by atoms with Crippen LogP contribution in [0.25, 0.3) is 11.0 Å². The van der Waals surface area contributed by atoms with Crippen LogP contribution in [-0.4, -0.2) is 36.6 Å². The number of carbonyl (C=O) groups is 1. The topological polar surface area (TPSA) is 76.2 Å². The number of H-pyrrole nitrogens is 1. The van der Waals surface area contributed by atoms with Crippen LogP contribution in [0.2, 0.25) is 0 Å². The smallest absolute Gasteiger partial charge is 0.220 e. The first kappa shape index (κ1) is 19.7. The van der Waals surface area contributed by atoms with Crippen LogP contribution in [0.1, 0.15) is 30.7 Å². The second-order valence-electron chi connectivity index (χ2n) is 6.70. The van der Waals surface area contributed by atoms with E-state index in [-0.39, 0.29) is 5.91 Å². The zero-order valence-corrected chi connectivity index (χ0v) is 16.5. The molecule has 0 fully saturated rings. The molecule has 0 saturated carbocycles. The van der Waals surface area contributed by atoms with E-state index < -0.39 is 0 Å². The number of rotatable bonds is 10. The maximum Gasteiger partial charge on any atom is 0.220 e. The van der Waals surface area contributed by atoms with Crippen molar-refractivity contribution in [2.75, 3.05) is 20.8 Å². The zero-order valence-electron chi connectivity index (χ0n) is 16.5. The number of amides is 1. The highest BCUT2D eigenvalue weighted by atomic mass is 16.5. The fourth-order valence-corrected chi connectivity index (χ4v) is 3.19. The number of imidazole rings is 1. The standard InChI is InChI=1S/C22H27N3O3/c1-27-19-13-12-16(15-20(19)28-2)7-6-14-23-22(26)11-5-10-21-24-17-8-3-4-9-18(17)25-21/h3-4,8-9,12-13,15H,5-7,10-11,14H2,1-2H3,(H,23,26)(H,24,25). The van der Waals surface area contributed by atoms with Gasteiger partial charge < -0.3 is 19.8 Å². The van der Waals surface area contributed by atoms with Crippen LogP contribution in [0.15, 0.2) is 42.5 Å². The van der Waals surface area contributed by atoms with E-state index in [9.17, 15) is 4.79 Å². The number of carbonyl (C=O) groups excluding carboxylic acids is 1. The van der Waals surface area contributed by atoms with Crippen molar-refractivity contribution in [3.05, 3.63) is 53.9 Å². The van der Waals surface area contributed by atoms with E-state index in [1.165, 1.54) is 0 Å². The van der Waals surface area contributed by atoms with E-state index >= 15 is 0 Å². The van der Waals surface area contributed by atoms with Gasteiger partial charge in [-0.3, -0.25) is 4.79 Å². The van der Waals surface area contributed by atoms with Crippen LogP contribution in [-0.2, 0) is 17.6 Å². The Morgan fingerprint density at radius 1 is 1.04 bits per heavy atom. The van der Waals surface area contributed by atoms with Gasteiger partial charge in [0.1, 0.15) is 5.82 Å². The highest BCUT2D eigenvalue weighted by molar-refractivity contribution is 5.76. The van der Waals surface area contributed by atoms with Gasteiger partial charge in [0.05, 0.1) is 25.3 Å². The number of hydrogen-bond acceptors (Lipinski definition) is 4. The summed E-state index contributed by atoms with van der Waals surface area (Å²) in [5.74, 6) is 2.48. The molecule has 0 aliphatic carbocycles. The molecule has 2 N–H and O–H groups in total. The molecule has 6 heteroatoms. The Labute approximate surface area is 165 Å². The molecule has 1 heterocycles. The summed E-state index contributed by atoms with van der Waals surface area (Å²) in [4.78, 5) is 19.9. The number of ether oxygens (including phenoxy) is 2. The van der Waals surface area contributed by atoms with Gasteiger partial charge in [0.15, 0.2) is 11.5 Å². The molecule has 0 spiro atoms. The molecule has 0 aliphatic rings. The minimum absolute atomic E-state index is 0.0865. The number of para-hydroxylation sites is 2. The van der Waals surface area contributed by atoms with Crippen molar-refractivity contribution in [1.29, 1.82) is 0 Å². The molecule has 1 amide bonds. The first-order valence-electron chi connectivity index (χ1n) is 9.61. The van der Waals surface area contributed by atoms with Crippen LogP contribution in [0.5, 0.6) is 11.5 Å². The number of aromatic amines is 1. The average molecular weight is 381 g/mol. The molecule has 0 bridgehead atoms.